The first-order valence-corrected chi connectivity index (χ1v) is 10.7. The molecular formula is C26H33N3. The molecule has 0 amide bonds. The van der Waals surface area contributed by atoms with E-state index in [0.717, 1.165) is 48.5 Å². The Kier molecular flexibility index (Phi) is 8.21. The van der Waals surface area contributed by atoms with Crippen molar-refractivity contribution in [3.63, 3.8) is 0 Å². The van der Waals surface area contributed by atoms with Crippen LogP contribution in [0.4, 0.5) is 11.4 Å². The Morgan fingerprint density at radius 3 is 1.69 bits per heavy atom. The van der Waals surface area contributed by atoms with Gasteiger partial charge in [0.05, 0.1) is 17.0 Å². The third kappa shape index (κ3) is 5.15. The van der Waals surface area contributed by atoms with Crippen molar-refractivity contribution in [2.75, 3.05) is 5.32 Å². The van der Waals surface area contributed by atoms with Crippen LogP contribution in [0.5, 0.6) is 0 Å². The number of aryl methyl sites for hydroxylation is 4. The lowest BCUT2D eigenvalue weighted by Crippen LogP contribution is -2.09. The van der Waals surface area contributed by atoms with Crippen molar-refractivity contribution in [2.45, 2.75) is 67.2 Å². The van der Waals surface area contributed by atoms with Crippen molar-refractivity contribution in [1.29, 1.82) is 5.26 Å². The largest absolute Gasteiger partial charge is 0.358 e. The molecule has 2 aromatic carbocycles. The molecule has 0 fully saturated rings. The standard InChI is InChI=1S/C26H33N3/c1-7-20-13-11-14-21(8-2)25(20)28-18(5)24(17-27)19(6)29-26-22(9-3)15-12-16-23(26)10-4/h11-16,28H,7-10H2,1-6H3/b24-18-,29-19?. The minimum Gasteiger partial charge on any atom is -0.358 e. The normalized spacial score (nSPS) is 12.4. The number of allylic oxidation sites excluding steroid dienone is 2. The van der Waals surface area contributed by atoms with Crippen molar-refractivity contribution >= 4 is 17.1 Å². The zero-order valence-corrected chi connectivity index (χ0v) is 18.7. The van der Waals surface area contributed by atoms with E-state index in [-0.39, 0.29) is 0 Å². The summed E-state index contributed by atoms with van der Waals surface area (Å²) in [4.78, 5) is 4.92. The van der Waals surface area contributed by atoms with Crippen LogP contribution in [0.15, 0.2) is 52.7 Å². The monoisotopic (exact) mass is 387 g/mol. The maximum absolute atomic E-state index is 9.90. The Morgan fingerprint density at radius 2 is 1.28 bits per heavy atom. The Balaban J connectivity index is 2.52. The number of anilines is 1. The molecule has 2 rings (SSSR count). The van der Waals surface area contributed by atoms with Gasteiger partial charge in [-0.1, -0.05) is 64.1 Å². The quantitative estimate of drug-likeness (QED) is 0.394. The van der Waals surface area contributed by atoms with Gasteiger partial charge in [0.2, 0.25) is 0 Å². The fourth-order valence-corrected chi connectivity index (χ4v) is 3.67. The van der Waals surface area contributed by atoms with E-state index in [0.29, 0.717) is 5.57 Å². The number of benzene rings is 2. The van der Waals surface area contributed by atoms with Gasteiger partial charge in [-0.25, -0.2) is 0 Å². The molecular weight excluding hydrogens is 354 g/mol. The van der Waals surface area contributed by atoms with Crippen LogP contribution in [-0.2, 0) is 25.7 Å². The van der Waals surface area contributed by atoms with Crippen molar-refractivity contribution in [2.24, 2.45) is 4.99 Å². The highest BCUT2D eigenvalue weighted by atomic mass is 14.9. The first-order chi connectivity index (χ1) is 14.0. The predicted octanol–water partition coefficient (Wildman–Crippen LogP) is 6.94. The van der Waals surface area contributed by atoms with Gasteiger partial charge in [-0.2, -0.15) is 5.26 Å². The maximum atomic E-state index is 9.90. The first-order valence-electron chi connectivity index (χ1n) is 10.7. The van der Waals surface area contributed by atoms with Gasteiger partial charge >= 0.3 is 0 Å². The molecule has 0 saturated carbocycles. The zero-order chi connectivity index (χ0) is 21.4. The van der Waals surface area contributed by atoms with Gasteiger partial charge in [0, 0.05) is 11.4 Å². The van der Waals surface area contributed by atoms with Crippen LogP contribution in [0.25, 0.3) is 0 Å². The molecule has 1 N–H and O–H groups in total. The molecule has 0 heterocycles. The average molecular weight is 388 g/mol. The van der Waals surface area contributed by atoms with E-state index in [2.05, 4.69) is 75.5 Å². The maximum Gasteiger partial charge on any atom is 0.103 e. The summed E-state index contributed by atoms with van der Waals surface area (Å²) in [6.45, 7) is 12.5. The molecule has 0 saturated heterocycles. The van der Waals surface area contributed by atoms with Gasteiger partial charge in [0.25, 0.3) is 0 Å². The third-order valence-electron chi connectivity index (χ3n) is 5.40. The Bertz CT molecular complexity index is 914. The lowest BCUT2D eigenvalue weighted by Gasteiger charge is -2.17. The van der Waals surface area contributed by atoms with E-state index in [1.54, 1.807) is 0 Å². The number of hydrogen-bond donors (Lipinski definition) is 1. The van der Waals surface area contributed by atoms with E-state index in [4.69, 9.17) is 4.99 Å². The molecule has 0 unspecified atom stereocenters. The van der Waals surface area contributed by atoms with Crippen LogP contribution in [0.1, 0.15) is 63.8 Å². The van der Waals surface area contributed by atoms with E-state index < -0.39 is 0 Å². The van der Waals surface area contributed by atoms with Crippen molar-refractivity contribution < 1.29 is 0 Å². The van der Waals surface area contributed by atoms with Crippen LogP contribution >= 0.6 is 0 Å². The molecule has 0 aliphatic rings. The van der Waals surface area contributed by atoms with Crippen molar-refractivity contribution in [3.8, 4) is 6.07 Å². The fourth-order valence-electron chi connectivity index (χ4n) is 3.67. The lowest BCUT2D eigenvalue weighted by atomic mass is 10.0. The van der Waals surface area contributed by atoms with Crippen LogP contribution in [0.2, 0.25) is 0 Å². The number of para-hydroxylation sites is 2. The molecule has 0 aliphatic carbocycles. The van der Waals surface area contributed by atoms with Gasteiger partial charge in [0.1, 0.15) is 6.07 Å². The molecule has 152 valence electrons. The minimum atomic E-state index is 0.603. The molecule has 29 heavy (non-hydrogen) atoms. The second-order valence-corrected chi connectivity index (χ2v) is 7.22. The van der Waals surface area contributed by atoms with Gasteiger partial charge < -0.3 is 5.32 Å². The molecule has 3 heteroatoms. The Labute approximate surface area is 176 Å². The zero-order valence-electron chi connectivity index (χ0n) is 18.7. The second kappa shape index (κ2) is 10.6. The van der Waals surface area contributed by atoms with E-state index in [9.17, 15) is 5.26 Å². The number of nitriles is 1. The van der Waals surface area contributed by atoms with Crippen molar-refractivity contribution in [1.82, 2.24) is 0 Å². The summed E-state index contributed by atoms with van der Waals surface area (Å²) in [5.74, 6) is 0. The number of rotatable bonds is 8. The Morgan fingerprint density at radius 1 is 0.828 bits per heavy atom. The lowest BCUT2D eigenvalue weighted by molar-refractivity contribution is 1.08. The first kappa shape index (κ1) is 22.4. The van der Waals surface area contributed by atoms with Crippen molar-refractivity contribution in [3.05, 3.63) is 69.9 Å². The summed E-state index contributed by atoms with van der Waals surface area (Å²) in [6, 6.07) is 15.1. The molecule has 0 aliphatic heterocycles. The fraction of sp³-hybridized carbons (Fsp3) is 0.385. The summed E-state index contributed by atoms with van der Waals surface area (Å²) in [7, 11) is 0. The summed E-state index contributed by atoms with van der Waals surface area (Å²) in [5.41, 5.74) is 9.30. The third-order valence-corrected chi connectivity index (χ3v) is 5.40. The number of hydrogen-bond acceptors (Lipinski definition) is 3. The number of aliphatic imine (C=N–C) groups is 1. The van der Waals surface area contributed by atoms with Gasteiger partial charge in [-0.15, -0.1) is 0 Å². The smallest absolute Gasteiger partial charge is 0.103 e. The van der Waals surface area contributed by atoms with Crippen LogP contribution in [-0.4, -0.2) is 5.71 Å². The van der Waals surface area contributed by atoms with Crippen LogP contribution in [0.3, 0.4) is 0 Å². The highest BCUT2D eigenvalue weighted by Crippen LogP contribution is 2.28. The molecule has 0 atom stereocenters. The SMILES string of the molecule is CCc1cccc(CC)c1N=C(C)/C(C#N)=C(/C)Nc1c(CC)cccc1CC. The van der Waals surface area contributed by atoms with Gasteiger partial charge in [-0.05, 0) is 61.8 Å². The number of nitrogens with one attached hydrogen (secondary N) is 1. The van der Waals surface area contributed by atoms with Gasteiger partial charge in [-0.3, -0.25) is 4.99 Å². The topological polar surface area (TPSA) is 48.2 Å². The average Bonchev–Trinajstić information content (AvgIpc) is 2.74. The van der Waals surface area contributed by atoms with Gasteiger partial charge in [0.15, 0.2) is 0 Å². The predicted molar refractivity (Wildman–Crippen MR) is 125 cm³/mol. The van der Waals surface area contributed by atoms with E-state index in [1.807, 2.05) is 13.8 Å². The summed E-state index contributed by atoms with van der Waals surface area (Å²) in [6.07, 6.45) is 3.74. The molecule has 0 bridgehead atoms. The molecule has 3 nitrogen and oxygen atoms in total. The van der Waals surface area contributed by atoms with Crippen LogP contribution < -0.4 is 5.32 Å². The number of nitrogens with zero attached hydrogens (tertiary/aromatic N) is 2. The summed E-state index contributed by atoms with van der Waals surface area (Å²) >= 11 is 0. The highest BCUT2D eigenvalue weighted by molar-refractivity contribution is 6.04. The van der Waals surface area contributed by atoms with Crippen LogP contribution in [0, 0.1) is 11.3 Å². The molecule has 0 spiro atoms. The summed E-state index contributed by atoms with van der Waals surface area (Å²) in [5, 5.41) is 13.4. The summed E-state index contributed by atoms with van der Waals surface area (Å²) < 4.78 is 0. The molecule has 2 aromatic rings. The second-order valence-electron chi connectivity index (χ2n) is 7.22. The van der Waals surface area contributed by atoms with E-state index in [1.165, 1.54) is 22.3 Å². The molecule has 0 aromatic heterocycles. The Hall–Kier alpha value is -2.86. The molecule has 0 radical (unpaired) electrons. The van der Waals surface area contributed by atoms with E-state index >= 15 is 0 Å². The minimum absolute atomic E-state index is 0.603. The highest BCUT2D eigenvalue weighted by Gasteiger charge is 2.13.